The smallest absolute Gasteiger partial charge is 0.231 e. The van der Waals surface area contributed by atoms with E-state index in [4.69, 9.17) is 14.2 Å². The van der Waals surface area contributed by atoms with Crippen LogP contribution in [0.25, 0.3) is 16.8 Å². The van der Waals surface area contributed by atoms with Gasteiger partial charge < -0.3 is 14.2 Å². The van der Waals surface area contributed by atoms with Crippen LogP contribution in [0, 0.1) is 0 Å². The Balaban J connectivity index is 1.31. The van der Waals surface area contributed by atoms with Crippen LogP contribution >= 0.6 is 0 Å². The van der Waals surface area contributed by atoms with Crippen molar-refractivity contribution in [2.24, 2.45) is 0 Å². The van der Waals surface area contributed by atoms with Gasteiger partial charge in [-0.15, -0.1) is 0 Å². The van der Waals surface area contributed by atoms with Gasteiger partial charge in [-0.1, -0.05) is 54.6 Å². The van der Waals surface area contributed by atoms with E-state index in [2.05, 4.69) is 0 Å². The van der Waals surface area contributed by atoms with Gasteiger partial charge in [0, 0.05) is 17.2 Å². The Morgan fingerprint density at radius 3 is 2.55 bits per heavy atom. The third kappa shape index (κ3) is 4.08. The van der Waals surface area contributed by atoms with E-state index in [1.807, 2.05) is 60.7 Å². The highest BCUT2D eigenvalue weighted by atomic mass is 16.5. The van der Waals surface area contributed by atoms with Crippen molar-refractivity contribution in [3.05, 3.63) is 107 Å². The second kappa shape index (κ2) is 8.63. The van der Waals surface area contributed by atoms with Gasteiger partial charge in [0.2, 0.25) is 5.78 Å². The molecule has 0 bridgehead atoms. The summed E-state index contributed by atoms with van der Waals surface area (Å²) >= 11 is 0. The summed E-state index contributed by atoms with van der Waals surface area (Å²) in [5, 5.41) is 2.08. The number of Topliss-reactive ketones (excluding diaryl/α,β-unsaturated/α-hetero) is 2. The number of methoxy groups -OCH3 is 1. The highest BCUT2D eigenvalue weighted by molar-refractivity contribution is 6.14. The Morgan fingerprint density at radius 2 is 1.70 bits per heavy atom. The third-order valence-electron chi connectivity index (χ3n) is 5.51. The molecule has 1 aliphatic heterocycles. The molecular formula is C28H20O5. The lowest BCUT2D eigenvalue weighted by Gasteiger charge is -2.08. The molecule has 0 aliphatic carbocycles. The molecule has 0 unspecified atom stereocenters. The first kappa shape index (κ1) is 20.5. The van der Waals surface area contributed by atoms with E-state index < -0.39 is 0 Å². The number of benzene rings is 4. The Hall–Kier alpha value is -4.38. The fourth-order valence-corrected chi connectivity index (χ4v) is 3.78. The summed E-state index contributed by atoms with van der Waals surface area (Å²) < 4.78 is 16.8. The maximum atomic E-state index is 12.7. The quantitative estimate of drug-likeness (QED) is 0.285. The molecule has 1 heterocycles. The van der Waals surface area contributed by atoms with Gasteiger partial charge in [0.25, 0.3) is 0 Å². The number of ether oxygens (including phenoxy) is 3. The normalized spacial score (nSPS) is 13.6. The predicted octanol–water partition coefficient (Wildman–Crippen LogP) is 5.73. The zero-order valence-electron chi connectivity index (χ0n) is 17.9. The zero-order valence-corrected chi connectivity index (χ0v) is 17.9. The summed E-state index contributed by atoms with van der Waals surface area (Å²) in [5.74, 6) is 1.36. The second-order valence-electron chi connectivity index (χ2n) is 7.61. The minimum Gasteiger partial charge on any atom is -0.496 e. The largest absolute Gasteiger partial charge is 0.496 e. The van der Waals surface area contributed by atoms with E-state index in [9.17, 15) is 9.59 Å². The number of rotatable bonds is 6. The Kier molecular flexibility index (Phi) is 5.37. The molecule has 4 aromatic rings. The van der Waals surface area contributed by atoms with Crippen LogP contribution in [0.15, 0.2) is 90.7 Å². The maximum absolute atomic E-state index is 12.7. The van der Waals surface area contributed by atoms with Crippen molar-refractivity contribution in [3.8, 4) is 17.2 Å². The molecule has 0 atom stereocenters. The lowest BCUT2D eigenvalue weighted by Crippen LogP contribution is -2.11. The first-order valence-corrected chi connectivity index (χ1v) is 10.5. The minimum absolute atomic E-state index is 0.116. The molecule has 0 N–H and O–H groups in total. The summed E-state index contributed by atoms with van der Waals surface area (Å²) in [6.45, 7) is -0.116. The molecule has 33 heavy (non-hydrogen) atoms. The molecule has 5 rings (SSSR count). The average molecular weight is 436 g/mol. The van der Waals surface area contributed by atoms with Crippen molar-refractivity contribution in [2.75, 3.05) is 13.7 Å². The topological polar surface area (TPSA) is 61.8 Å². The molecule has 0 saturated carbocycles. The van der Waals surface area contributed by atoms with E-state index >= 15 is 0 Å². The van der Waals surface area contributed by atoms with E-state index in [0.29, 0.717) is 28.4 Å². The summed E-state index contributed by atoms with van der Waals surface area (Å²) in [6.07, 6.45) is 1.66. The molecule has 0 saturated heterocycles. The molecule has 0 fully saturated rings. The Morgan fingerprint density at radius 1 is 0.909 bits per heavy atom. The minimum atomic E-state index is -0.213. The molecule has 162 valence electrons. The first-order chi connectivity index (χ1) is 16.1. The lowest BCUT2D eigenvalue weighted by molar-refractivity contribution is 0.0921. The number of ketones is 2. The molecule has 0 amide bonds. The molecule has 0 spiro atoms. The van der Waals surface area contributed by atoms with Crippen molar-refractivity contribution in [3.63, 3.8) is 0 Å². The standard InChI is InChI=1S/C28H20O5/c1-31-25-9-5-4-8-21(25)15-27-28(30)23-13-12-22(16-26(23)33-27)32-17-24(29)20-11-10-18-6-2-3-7-19(18)14-20/h2-16H,17H2,1H3. The number of fused-ring (bicyclic) bond motifs is 2. The molecule has 0 radical (unpaired) electrons. The van der Waals surface area contributed by atoms with E-state index in [1.54, 1.807) is 37.5 Å². The fraction of sp³-hybridized carbons (Fsp3) is 0.0714. The van der Waals surface area contributed by atoms with Gasteiger partial charge in [-0.3, -0.25) is 9.59 Å². The van der Waals surface area contributed by atoms with Gasteiger partial charge in [0.1, 0.15) is 17.2 Å². The molecule has 0 aromatic heterocycles. The number of carbonyl (C=O) groups is 2. The Labute approximate surface area is 190 Å². The van der Waals surface area contributed by atoms with Crippen LogP contribution in [0.2, 0.25) is 0 Å². The molecule has 1 aliphatic rings. The van der Waals surface area contributed by atoms with Crippen molar-refractivity contribution in [1.29, 1.82) is 0 Å². The van der Waals surface area contributed by atoms with Crippen molar-refractivity contribution in [2.45, 2.75) is 0 Å². The number of hydrogen-bond donors (Lipinski definition) is 0. The molecule has 4 aromatic carbocycles. The summed E-state index contributed by atoms with van der Waals surface area (Å²) in [6, 6.07) is 25.8. The number of carbonyl (C=O) groups excluding carboxylic acids is 2. The summed E-state index contributed by atoms with van der Waals surface area (Å²) in [7, 11) is 1.58. The SMILES string of the molecule is COc1ccccc1C=C1Oc2cc(OCC(=O)c3ccc4ccccc4c3)ccc2C1=O. The highest BCUT2D eigenvalue weighted by Gasteiger charge is 2.28. The maximum Gasteiger partial charge on any atom is 0.231 e. The van der Waals surface area contributed by atoms with Gasteiger partial charge in [-0.25, -0.2) is 0 Å². The first-order valence-electron chi connectivity index (χ1n) is 10.5. The van der Waals surface area contributed by atoms with Gasteiger partial charge in [-0.2, -0.15) is 0 Å². The van der Waals surface area contributed by atoms with Gasteiger partial charge in [0.15, 0.2) is 18.1 Å². The number of hydrogen-bond acceptors (Lipinski definition) is 5. The molecular weight excluding hydrogens is 416 g/mol. The van der Waals surface area contributed by atoms with Crippen molar-refractivity contribution in [1.82, 2.24) is 0 Å². The van der Waals surface area contributed by atoms with Crippen molar-refractivity contribution >= 4 is 28.4 Å². The predicted molar refractivity (Wildman–Crippen MR) is 126 cm³/mol. The molecule has 5 heteroatoms. The van der Waals surface area contributed by atoms with E-state index in [-0.39, 0.29) is 23.9 Å². The van der Waals surface area contributed by atoms with E-state index in [0.717, 1.165) is 16.3 Å². The zero-order chi connectivity index (χ0) is 22.8. The third-order valence-corrected chi connectivity index (χ3v) is 5.51. The molecule has 5 nitrogen and oxygen atoms in total. The van der Waals surface area contributed by atoms with Crippen LogP contribution in [0.5, 0.6) is 17.2 Å². The number of allylic oxidation sites excluding steroid dienone is 1. The Bertz CT molecular complexity index is 1420. The average Bonchev–Trinajstić information content (AvgIpc) is 3.16. The second-order valence-corrected chi connectivity index (χ2v) is 7.61. The summed E-state index contributed by atoms with van der Waals surface area (Å²) in [5.41, 5.74) is 1.78. The van der Waals surface area contributed by atoms with Crippen LogP contribution < -0.4 is 14.2 Å². The van der Waals surface area contributed by atoms with Crippen molar-refractivity contribution < 1.29 is 23.8 Å². The highest BCUT2D eigenvalue weighted by Crippen LogP contribution is 2.35. The van der Waals surface area contributed by atoms with Gasteiger partial charge >= 0.3 is 0 Å². The van der Waals surface area contributed by atoms with Crippen LogP contribution in [0.1, 0.15) is 26.3 Å². The van der Waals surface area contributed by atoms with Crippen LogP contribution in [0.4, 0.5) is 0 Å². The van der Waals surface area contributed by atoms with Crippen LogP contribution in [0.3, 0.4) is 0 Å². The number of para-hydroxylation sites is 1. The monoisotopic (exact) mass is 436 g/mol. The van der Waals surface area contributed by atoms with Crippen LogP contribution in [-0.2, 0) is 0 Å². The van der Waals surface area contributed by atoms with Gasteiger partial charge in [0.05, 0.1) is 12.7 Å². The lowest BCUT2D eigenvalue weighted by atomic mass is 10.0. The fourth-order valence-electron chi connectivity index (χ4n) is 3.78. The van der Waals surface area contributed by atoms with Crippen LogP contribution in [-0.4, -0.2) is 25.3 Å². The van der Waals surface area contributed by atoms with Gasteiger partial charge in [-0.05, 0) is 41.1 Å². The van der Waals surface area contributed by atoms with E-state index in [1.165, 1.54) is 0 Å². The summed E-state index contributed by atoms with van der Waals surface area (Å²) in [4.78, 5) is 25.4.